The molecule has 0 bridgehead atoms. The van der Waals surface area contributed by atoms with Crippen molar-refractivity contribution in [1.82, 2.24) is 20.1 Å². The van der Waals surface area contributed by atoms with E-state index in [0.29, 0.717) is 17.1 Å². The van der Waals surface area contributed by atoms with E-state index in [1.165, 1.54) is 12.3 Å². The summed E-state index contributed by atoms with van der Waals surface area (Å²) in [5, 5.41) is 5.81. The van der Waals surface area contributed by atoms with E-state index in [4.69, 9.17) is 4.74 Å². The van der Waals surface area contributed by atoms with Crippen LogP contribution in [-0.4, -0.2) is 40.3 Å². The normalized spacial score (nSPS) is 11.3. The molecule has 1 amide bonds. The lowest BCUT2D eigenvalue weighted by atomic mass is 10.2. The van der Waals surface area contributed by atoms with Crippen LogP contribution in [0.5, 0.6) is 0 Å². The monoisotopic (exact) mass is 422 g/mol. The fourth-order valence-electron chi connectivity index (χ4n) is 2.49. The average Bonchev–Trinajstić information content (AvgIpc) is 3.19. The van der Waals surface area contributed by atoms with Crippen LogP contribution in [0.2, 0.25) is 0 Å². The van der Waals surface area contributed by atoms with Crippen molar-refractivity contribution in [2.24, 2.45) is 0 Å². The molecule has 12 heteroatoms. The lowest BCUT2D eigenvalue weighted by molar-refractivity contribution is -0.159. The van der Waals surface area contributed by atoms with Gasteiger partial charge in [-0.05, 0) is 24.6 Å². The third-order valence-corrected chi connectivity index (χ3v) is 3.90. The highest BCUT2D eigenvalue weighted by molar-refractivity contribution is 5.85. The first-order chi connectivity index (χ1) is 14.1. The maximum atomic E-state index is 12.6. The van der Waals surface area contributed by atoms with Gasteiger partial charge in [0.1, 0.15) is 18.1 Å². The first-order valence-electron chi connectivity index (χ1n) is 8.58. The van der Waals surface area contributed by atoms with Crippen LogP contribution in [0.25, 0.3) is 11.5 Å². The smallest absolute Gasteiger partial charge is 0.444 e. The molecule has 0 aliphatic rings. The summed E-state index contributed by atoms with van der Waals surface area (Å²) in [6.07, 6.45) is -2.56. The molecule has 3 rings (SSSR count). The van der Waals surface area contributed by atoms with E-state index < -0.39 is 18.2 Å². The number of carbonyl (C=O) groups excluding carboxylic acids is 1. The molecular weight excluding hydrogens is 405 g/mol. The van der Waals surface area contributed by atoms with Gasteiger partial charge in [-0.3, -0.25) is 10.3 Å². The molecule has 3 aromatic rings. The van der Waals surface area contributed by atoms with Gasteiger partial charge < -0.3 is 14.2 Å². The predicted molar refractivity (Wildman–Crippen MR) is 99.6 cm³/mol. The molecule has 0 fully saturated rings. The number of nitrogens with zero attached hydrogens (tertiary/aromatic N) is 5. The number of nitrogens with one attached hydrogen (secondary N) is 1. The first kappa shape index (κ1) is 21.0. The molecule has 3 heterocycles. The number of carbonyl (C=O) groups is 1. The highest BCUT2D eigenvalue weighted by Crippen LogP contribution is 2.29. The van der Waals surface area contributed by atoms with Gasteiger partial charge in [0.2, 0.25) is 5.82 Å². The summed E-state index contributed by atoms with van der Waals surface area (Å²) in [6, 6.07) is 4.95. The quantitative estimate of drug-likeness (QED) is 0.664. The van der Waals surface area contributed by atoms with Gasteiger partial charge in [-0.15, -0.1) is 0 Å². The summed E-state index contributed by atoms with van der Waals surface area (Å²) < 4.78 is 47.2. The SMILES string of the molecule is Cc1cc(-c2noc(C(F)(F)F)n2)ncc1NC(=O)OCc1cccnc1N(C)C. The number of anilines is 2. The van der Waals surface area contributed by atoms with Gasteiger partial charge in [-0.25, -0.2) is 9.78 Å². The zero-order valence-electron chi connectivity index (χ0n) is 16.2. The Morgan fingerprint density at radius 3 is 2.70 bits per heavy atom. The molecule has 0 aromatic carbocycles. The Morgan fingerprint density at radius 2 is 2.07 bits per heavy atom. The predicted octanol–water partition coefficient (Wildman–Crippen LogP) is 3.67. The van der Waals surface area contributed by atoms with E-state index in [1.54, 1.807) is 30.2 Å². The van der Waals surface area contributed by atoms with Gasteiger partial charge in [0.05, 0.1) is 11.9 Å². The average molecular weight is 422 g/mol. The van der Waals surface area contributed by atoms with Crippen LogP contribution in [0.15, 0.2) is 35.1 Å². The van der Waals surface area contributed by atoms with E-state index in [1.807, 2.05) is 14.1 Å². The van der Waals surface area contributed by atoms with Crippen molar-refractivity contribution in [2.45, 2.75) is 19.7 Å². The Kier molecular flexibility index (Phi) is 5.85. The van der Waals surface area contributed by atoms with Gasteiger partial charge in [0, 0.05) is 25.9 Å². The first-order valence-corrected chi connectivity index (χ1v) is 8.58. The van der Waals surface area contributed by atoms with Gasteiger partial charge in [-0.2, -0.15) is 18.2 Å². The second kappa shape index (κ2) is 8.35. The zero-order valence-corrected chi connectivity index (χ0v) is 16.2. The minimum atomic E-state index is -4.74. The number of hydrogen-bond acceptors (Lipinski definition) is 8. The van der Waals surface area contributed by atoms with Crippen LogP contribution in [0.3, 0.4) is 0 Å². The molecule has 9 nitrogen and oxygen atoms in total. The molecule has 0 aliphatic heterocycles. The molecule has 0 aliphatic carbocycles. The van der Waals surface area contributed by atoms with Crippen molar-refractivity contribution in [2.75, 3.05) is 24.3 Å². The number of aromatic nitrogens is 4. The number of amides is 1. The lowest BCUT2D eigenvalue weighted by Crippen LogP contribution is -2.17. The summed E-state index contributed by atoms with van der Waals surface area (Å²) in [6.45, 7) is 1.64. The number of rotatable bonds is 5. The number of hydrogen-bond donors (Lipinski definition) is 1. The molecule has 3 aromatic heterocycles. The van der Waals surface area contributed by atoms with Crippen LogP contribution >= 0.6 is 0 Å². The van der Waals surface area contributed by atoms with Gasteiger partial charge in [-0.1, -0.05) is 11.2 Å². The fraction of sp³-hybridized carbons (Fsp3) is 0.278. The van der Waals surface area contributed by atoms with Crippen LogP contribution in [0.4, 0.5) is 29.5 Å². The van der Waals surface area contributed by atoms with Gasteiger partial charge in [0.15, 0.2) is 0 Å². The fourth-order valence-corrected chi connectivity index (χ4v) is 2.49. The third kappa shape index (κ3) is 4.82. The summed E-state index contributed by atoms with van der Waals surface area (Å²) in [5.74, 6) is -1.10. The Hall–Kier alpha value is -3.70. The van der Waals surface area contributed by atoms with Gasteiger partial charge in [0.25, 0.3) is 0 Å². The van der Waals surface area contributed by atoms with E-state index in [0.717, 1.165) is 5.56 Å². The van der Waals surface area contributed by atoms with E-state index in [2.05, 4.69) is 29.9 Å². The second-order valence-electron chi connectivity index (χ2n) is 6.39. The Balaban J connectivity index is 1.66. The molecule has 0 spiro atoms. The molecule has 0 saturated heterocycles. The zero-order chi connectivity index (χ0) is 21.9. The Morgan fingerprint density at radius 1 is 1.30 bits per heavy atom. The molecule has 0 unspecified atom stereocenters. The molecule has 1 N–H and O–H groups in total. The van der Waals surface area contributed by atoms with Crippen LogP contribution in [-0.2, 0) is 17.5 Å². The van der Waals surface area contributed by atoms with E-state index in [-0.39, 0.29) is 18.1 Å². The molecule has 30 heavy (non-hydrogen) atoms. The van der Waals surface area contributed by atoms with E-state index in [9.17, 15) is 18.0 Å². The Bertz CT molecular complexity index is 1050. The lowest BCUT2D eigenvalue weighted by Gasteiger charge is -2.16. The highest BCUT2D eigenvalue weighted by atomic mass is 19.4. The summed E-state index contributed by atoms with van der Waals surface area (Å²) >= 11 is 0. The number of aryl methyl sites for hydroxylation is 1. The topological polar surface area (TPSA) is 106 Å². The standard InChI is InChI=1S/C18H17F3N6O3/c1-10-7-12(14-25-16(30-26-14)18(19,20)21)23-8-13(10)24-17(28)29-9-11-5-4-6-22-15(11)27(2)3/h4-8H,9H2,1-3H3,(H,24,28). The summed E-state index contributed by atoms with van der Waals surface area (Å²) in [4.78, 5) is 25.4. The van der Waals surface area contributed by atoms with Crippen LogP contribution in [0, 0.1) is 6.92 Å². The number of halogens is 3. The van der Waals surface area contributed by atoms with Crippen molar-refractivity contribution in [3.05, 3.63) is 47.6 Å². The van der Waals surface area contributed by atoms with Crippen LogP contribution in [0.1, 0.15) is 17.0 Å². The van der Waals surface area contributed by atoms with Crippen LogP contribution < -0.4 is 10.2 Å². The number of ether oxygens (including phenoxy) is 1. The number of alkyl halides is 3. The summed E-state index contributed by atoms with van der Waals surface area (Å²) in [7, 11) is 3.65. The maximum Gasteiger partial charge on any atom is 0.471 e. The highest BCUT2D eigenvalue weighted by Gasteiger charge is 2.38. The Labute approximate surface area is 168 Å². The van der Waals surface area contributed by atoms with Crippen molar-refractivity contribution in [3.63, 3.8) is 0 Å². The summed E-state index contributed by atoms with van der Waals surface area (Å²) in [5.41, 5.74) is 1.63. The molecule has 0 radical (unpaired) electrons. The minimum absolute atomic E-state index is 0.000819. The molecule has 158 valence electrons. The minimum Gasteiger partial charge on any atom is -0.444 e. The van der Waals surface area contributed by atoms with Gasteiger partial charge >= 0.3 is 18.2 Å². The third-order valence-electron chi connectivity index (χ3n) is 3.90. The largest absolute Gasteiger partial charge is 0.471 e. The van der Waals surface area contributed by atoms with Crippen molar-refractivity contribution >= 4 is 17.6 Å². The maximum absolute atomic E-state index is 12.6. The van der Waals surface area contributed by atoms with Crippen molar-refractivity contribution < 1.29 is 27.2 Å². The molecule has 0 saturated carbocycles. The van der Waals surface area contributed by atoms with Crippen molar-refractivity contribution in [1.29, 1.82) is 0 Å². The molecular formula is C18H17F3N6O3. The number of pyridine rings is 2. The molecule has 0 atom stereocenters. The second-order valence-corrected chi connectivity index (χ2v) is 6.39. The van der Waals surface area contributed by atoms with E-state index >= 15 is 0 Å². The van der Waals surface area contributed by atoms with Crippen molar-refractivity contribution in [3.8, 4) is 11.5 Å².